The lowest BCUT2D eigenvalue weighted by Crippen LogP contribution is -2.39. The van der Waals surface area contributed by atoms with E-state index in [0.29, 0.717) is 46.9 Å². The minimum atomic E-state index is -0.915. The van der Waals surface area contributed by atoms with Crippen LogP contribution < -0.4 is 11.5 Å². The van der Waals surface area contributed by atoms with Crippen molar-refractivity contribution >= 4 is 39.4 Å². The molecule has 4 N–H and O–H groups in total. The van der Waals surface area contributed by atoms with Crippen LogP contribution in [0.4, 0.5) is 10.6 Å². The maximum atomic E-state index is 12.9. The second-order valence-electron chi connectivity index (χ2n) is 6.01. The maximum absolute atomic E-state index is 12.9. The van der Waals surface area contributed by atoms with E-state index in [1.54, 1.807) is 18.2 Å². The number of likely N-dealkylation sites (tertiary alicyclic amines) is 1. The van der Waals surface area contributed by atoms with Gasteiger partial charge in [-0.1, -0.05) is 0 Å². The highest BCUT2D eigenvalue weighted by atomic mass is 79.9. The average Bonchev–Trinajstić information content (AvgIpc) is 3.32. The predicted molar refractivity (Wildman–Crippen MR) is 97.5 cm³/mol. The summed E-state index contributed by atoms with van der Waals surface area (Å²) in [6.45, 7) is 0.459. The molecule has 3 aromatic heterocycles. The van der Waals surface area contributed by atoms with Crippen molar-refractivity contribution in [1.29, 1.82) is 0 Å². The van der Waals surface area contributed by atoms with Crippen molar-refractivity contribution in [2.45, 2.75) is 19.1 Å². The predicted octanol–water partition coefficient (Wildman–Crippen LogP) is 1.99. The Morgan fingerprint density at radius 1 is 1.33 bits per heavy atom. The Morgan fingerprint density at radius 2 is 2.15 bits per heavy atom. The highest BCUT2D eigenvalue weighted by Gasteiger charge is 2.32. The molecule has 10 nitrogen and oxygen atoms in total. The number of anilines is 1. The van der Waals surface area contributed by atoms with Crippen molar-refractivity contribution in [3.05, 3.63) is 34.5 Å². The fraction of sp³-hybridized carbons (Fsp3) is 0.250. The maximum Gasteiger partial charge on any atom is 0.406 e. The van der Waals surface area contributed by atoms with Crippen LogP contribution in [0.15, 0.2) is 33.4 Å². The molecule has 4 rings (SSSR count). The van der Waals surface area contributed by atoms with Crippen molar-refractivity contribution in [3.8, 4) is 11.6 Å². The molecule has 3 aromatic rings. The highest BCUT2D eigenvalue weighted by Crippen LogP contribution is 2.26. The number of nitrogens with two attached hydrogens (primary N) is 2. The van der Waals surface area contributed by atoms with E-state index in [1.807, 2.05) is 0 Å². The molecule has 0 aromatic carbocycles. The number of fused-ring (bicyclic) bond motifs is 1. The number of hydrogen-bond acceptors (Lipinski definition) is 7. The first kappa shape index (κ1) is 17.3. The first-order valence-corrected chi connectivity index (χ1v) is 8.91. The number of halogens is 1. The van der Waals surface area contributed by atoms with Gasteiger partial charge in [-0.05, 0) is 46.6 Å². The lowest BCUT2D eigenvalue weighted by Gasteiger charge is -2.23. The Hall–Kier alpha value is -3.08. The number of nitrogens with zero attached hydrogens (tertiary/aromatic N) is 4. The van der Waals surface area contributed by atoms with Crippen LogP contribution in [0.25, 0.3) is 17.2 Å². The summed E-state index contributed by atoms with van der Waals surface area (Å²) >= 11 is 3.23. The summed E-state index contributed by atoms with van der Waals surface area (Å²) in [7, 11) is 0. The van der Waals surface area contributed by atoms with Gasteiger partial charge in [0.05, 0.1) is 0 Å². The molecular formula is C16H15BrN6O4. The molecule has 1 saturated heterocycles. The van der Waals surface area contributed by atoms with Gasteiger partial charge in [0.1, 0.15) is 5.82 Å². The van der Waals surface area contributed by atoms with E-state index in [-0.39, 0.29) is 11.7 Å². The van der Waals surface area contributed by atoms with Crippen LogP contribution in [0.2, 0.25) is 0 Å². The Labute approximate surface area is 161 Å². The van der Waals surface area contributed by atoms with Crippen molar-refractivity contribution in [3.63, 3.8) is 0 Å². The van der Waals surface area contributed by atoms with Gasteiger partial charge >= 0.3 is 6.09 Å². The Bertz CT molecular complexity index is 1040. The van der Waals surface area contributed by atoms with E-state index < -0.39 is 12.3 Å². The van der Waals surface area contributed by atoms with Gasteiger partial charge in [0, 0.05) is 18.5 Å². The van der Waals surface area contributed by atoms with Crippen molar-refractivity contribution in [2.75, 3.05) is 12.3 Å². The molecule has 0 saturated carbocycles. The molecule has 0 spiro atoms. The molecule has 0 bridgehead atoms. The number of ether oxygens (including phenoxy) is 1. The van der Waals surface area contributed by atoms with Gasteiger partial charge in [-0.25, -0.2) is 9.78 Å². The molecule has 27 heavy (non-hydrogen) atoms. The number of amides is 2. The van der Waals surface area contributed by atoms with Crippen molar-refractivity contribution in [1.82, 2.24) is 19.5 Å². The van der Waals surface area contributed by atoms with Gasteiger partial charge in [0.2, 0.25) is 5.82 Å². The minimum Gasteiger partial charge on any atom is -0.446 e. The third-order valence-electron chi connectivity index (χ3n) is 4.22. The third kappa shape index (κ3) is 3.21. The zero-order chi connectivity index (χ0) is 19.1. The number of hydrogen-bond donors (Lipinski definition) is 2. The van der Waals surface area contributed by atoms with E-state index in [0.717, 1.165) is 0 Å². The summed E-state index contributed by atoms with van der Waals surface area (Å²) in [4.78, 5) is 29.7. The molecular weight excluding hydrogens is 420 g/mol. The summed E-state index contributed by atoms with van der Waals surface area (Å²) in [5, 5.41) is 4.30. The van der Waals surface area contributed by atoms with E-state index in [2.05, 4.69) is 26.0 Å². The van der Waals surface area contributed by atoms with Crippen LogP contribution in [-0.4, -0.2) is 44.3 Å². The lowest BCUT2D eigenvalue weighted by molar-refractivity contribution is 0.0177. The van der Waals surface area contributed by atoms with Gasteiger partial charge in [0.15, 0.2) is 22.3 Å². The smallest absolute Gasteiger partial charge is 0.406 e. The summed E-state index contributed by atoms with van der Waals surface area (Å²) in [5.41, 5.74) is 11.8. The fourth-order valence-corrected chi connectivity index (χ4v) is 3.37. The second kappa shape index (κ2) is 6.58. The van der Waals surface area contributed by atoms with E-state index in [1.165, 1.54) is 15.5 Å². The monoisotopic (exact) mass is 434 g/mol. The van der Waals surface area contributed by atoms with E-state index in [9.17, 15) is 9.59 Å². The Morgan fingerprint density at radius 3 is 2.85 bits per heavy atom. The summed E-state index contributed by atoms with van der Waals surface area (Å²) in [5.74, 6) is 0.727. The standard InChI is InChI=1S/C16H15BrN6O4/c17-10-4-3-9(26-10)14-20-12-7-8(6-11(18)23(12)21-14)15(24)22-5-1-2-13(22)27-16(19)25/h3-4,6-7,13H,1-2,5,18H2,(H2,19,25). The number of carbonyl (C=O) groups is 2. The summed E-state index contributed by atoms with van der Waals surface area (Å²) < 4.78 is 12.4. The summed E-state index contributed by atoms with van der Waals surface area (Å²) in [6, 6.07) is 6.53. The van der Waals surface area contributed by atoms with Crippen LogP contribution in [0.1, 0.15) is 23.2 Å². The topological polar surface area (TPSA) is 142 Å². The second-order valence-corrected chi connectivity index (χ2v) is 6.79. The van der Waals surface area contributed by atoms with Crippen LogP contribution in [0.5, 0.6) is 0 Å². The fourth-order valence-electron chi connectivity index (χ4n) is 3.06. The van der Waals surface area contributed by atoms with E-state index >= 15 is 0 Å². The normalized spacial score (nSPS) is 16.8. The summed E-state index contributed by atoms with van der Waals surface area (Å²) in [6.07, 6.45) is -0.346. The van der Waals surface area contributed by atoms with Crippen molar-refractivity contribution < 1.29 is 18.7 Å². The molecule has 2 amide bonds. The molecule has 1 atom stereocenters. The van der Waals surface area contributed by atoms with Crippen LogP contribution in [0, 0.1) is 0 Å². The van der Waals surface area contributed by atoms with Crippen LogP contribution in [-0.2, 0) is 4.74 Å². The molecule has 1 unspecified atom stereocenters. The number of primary amides is 1. The average molecular weight is 435 g/mol. The Kier molecular flexibility index (Phi) is 4.22. The molecule has 4 heterocycles. The third-order valence-corrected chi connectivity index (χ3v) is 4.64. The molecule has 1 aliphatic heterocycles. The zero-order valence-corrected chi connectivity index (χ0v) is 15.5. The Balaban J connectivity index is 1.68. The number of furan rings is 1. The SMILES string of the molecule is NC(=O)OC1CCCN1C(=O)c1cc(N)n2nc(-c3ccc(Br)o3)nc2c1. The van der Waals surface area contributed by atoms with Gasteiger partial charge < -0.3 is 25.5 Å². The molecule has 1 fully saturated rings. The number of aromatic nitrogens is 3. The number of rotatable bonds is 3. The zero-order valence-electron chi connectivity index (χ0n) is 14.0. The van der Waals surface area contributed by atoms with Crippen LogP contribution >= 0.6 is 15.9 Å². The quantitative estimate of drug-likeness (QED) is 0.641. The minimum absolute atomic E-state index is 0.242. The highest BCUT2D eigenvalue weighted by molar-refractivity contribution is 9.10. The van der Waals surface area contributed by atoms with E-state index in [4.69, 9.17) is 20.6 Å². The molecule has 0 radical (unpaired) electrons. The molecule has 140 valence electrons. The van der Waals surface area contributed by atoms with Crippen molar-refractivity contribution in [2.24, 2.45) is 5.73 Å². The molecule has 11 heteroatoms. The molecule has 0 aliphatic carbocycles. The first-order chi connectivity index (χ1) is 12.9. The van der Waals surface area contributed by atoms with Gasteiger partial charge in [-0.15, -0.1) is 5.10 Å². The van der Waals surface area contributed by atoms with Crippen LogP contribution in [0.3, 0.4) is 0 Å². The number of pyridine rings is 1. The number of carbonyl (C=O) groups excluding carboxylic acids is 2. The lowest BCUT2D eigenvalue weighted by atomic mass is 10.2. The largest absolute Gasteiger partial charge is 0.446 e. The first-order valence-electron chi connectivity index (χ1n) is 8.11. The van der Waals surface area contributed by atoms with Gasteiger partial charge in [-0.3, -0.25) is 4.79 Å². The molecule has 1 aliphatic rings. The van der Waals surface area contributed by atoms with Gasteiger partial charge in [-0.2, -0.15) is 4.52 Å². The number of nitrogen functional groups attached to an aromatic ring is 1. The van der Waals surface area contributed by atoms with Gasteiger partial charge in [0.25, 0.3) is 5.91 Å².